The summed E-state index contributed by atoms with van der Waals surface area (Å²) in [6, 6.07) is 12.7. The van der Waals surface area contributed by atoms with Gasteiger partial charge in [-0.1, -0.05) is 36.4 Å². The summed E-state index contributed by atoms with van der Waals surface area (Å²) in [6.07, 6.45) is -3.78. The highest BCUT2D eigenvalue weighted by Gasteiger charge is 2.33. The van der Waals surface area contributed by atoms with Crippen molar-refractivity contribution in [2.24, 2.45) is 0 Å². The van der Waals surface area contributed by atoms with Crippen LogP contribution in [0.1, 0.15) is 16.7 Å². The van der Waals surface area contributed by atoms with Crippen LogP contribution in [0.5, 0.6) is 0 Å². The first kappa shape index (κ1) is 20.9. The minimum Gasteiger partial charge on any atom is -0.337 e. The molecule has 1 aliphatic heterocycles. The van der Waals surface area contributed by atoms with Gasteiger partial charge in [0.05, 0.1) is 24.3 Å². The summed E-state index contributed by atoms with van der Waals surface area (Å²) in [4.78, 5) is 28.0. The van der Waals surface area contributed by atoms with Crippen LogP contribution >= 0.6 is 0 Å². The van der Waals surface area contributed by atoms with Gasteiger partial charge in [0.15, 0.2) is 0 Å². The second-order valence-electron chi connectivity index (χ2n) is 7.10. The van der Waals surface area contributed by atoms with Crippen LogP contribution in [0, 0.1) is 0 Å². The number of hydrogen-bond acceptors (Lipinski definition) is 3. The molecule has 0 atom stereocenters. The maximum atomic E-state index is 13.0. The second-order valence-corrected chi connectivity index (χ2v) is 7.10. The molecule has 2 amide bonds. The highest BCUT2D eigenvalue weighted by molar-refractivity contribution is 5.93. The molecular formula is C21H22F3N3O2. The predicted octanol–water partition coefficient (Wildman–Crippen LogP) is 3.16. The Morgan fingerprint density at radius 1 is 1.03 bits per heavy atom. The number of halogens is 3. The Morgan fingerprint density at radius 2 is 1.69 bits per heavy atom. The third-order valence-corrected chi connectivity index (χ3v) is 4.81. The number of hydrogen-bond donors (Lipinski definition) is 1. The van der Waals surface area contributed by atoms with Gasteiger partial charge in [0.2, 0.25) is 11.8 Å². The summed E-state index contributed by atoms with van der Waals surface area (Å²) in [5.41, 5.74) is 1.14. The van der Waals surface area contributed by atoms with E-state index in [1.54, 1.807) is 11.9 Å². The van der Waals surface area contributed by atoms with E-state index in [4.69, 9.17) is 0 Å². The minimum atomic E-state index is -4.56. The number of alkyl halides is 3. The zero-order chi connectivity index (χ0) is 21.0. The number of amides is 2. The zero-order valence-electron chi connectivity index (χ0n) is 16.0. The van der Waals surface area contributed by atoms with Gasteiger partial charge in [0, 0.05) is 13.1 Å². The van der Waals surface area contributed by atoms with E-state index in [0.29, 0.717) is 13.1 Å². The molecule has 0 spiro atoms. The lowest BCUT2D eigenvalue weighted by Gasteiger charge is -2.30. The van der Waals surface area contributed by atoms with Gasteiger partial charge in [-0.05, 0) is 36.7 Å². The Labute approximate surface area is 167 Å². The number of nitrogens with zero attached hydrogens (tertiary/aromatic N) is 2. The SMILES string of the molecule is CN(CC(=O)Nc1ccccc1C(F)(F)F)CC(=O)N1CCc2ccccc2C1. The fourth-order valence-electron chi connectivity index (χ4n) is 3.37. The van der Waals surface area contributed by atoms with Crippen molar-refractivity contribution in [3.63, 3.8) is 0 Å². The second kappa shape index (κ2) is 8.65. The average molecular weight is 405 g/mol. The third kappa shape index (κ3) is 5.35. The van der Waals surface area contributed by atoms with Gasteiger partial charge >= 0.3 is 6.18 Å². The van der Waals surface area contributed by atoms with Gasteiger partial charge in [-0.25, -0.2) is 0 Å². The van der Waals surface area contributed by atoms with Crippen LogP contribution in [0.15, 0.2) is 48.5 Å². The molecule has 0 bridgehead atoms. The van der Waals surface area contributed by atoms with E-state index in [1.807, 2.05) is 24.3 Å². The third-order valence-electron chi connectivity index (χ3n) is 4.81. The summed E-state index contributed by atoms with van der Waals surface area (Å²) in [5, 5.41) is 2.29. The molecule has 1 aliphatic rings. The van der Waals surface area contributed by atoms with Crippen molar-refractivity contribution in [1.82, 2.24) is 9.80 Å². The summed E-state index contributed by atoms with van der Waals surface area (Å²) >= 11 is 0. The summed E-state index contributed by atoms with van der Waals surface area (Å²) in [7, 11) is 1.59. The van der Waals surface area contributed by atoms with Crippen LogP contribution in [0.4, 0.5) is 18.9 Å². The van der Waals surface area contributed by atoms with Crippen LogP contribution in [-0.4, -0.2) is 48.3 Å². The standard InChI is InChI=1S/C21H22F3N3O2/c1-26(13-19(28)25-18-9-5-4-8-17(18)21(22,23)24)14-20(29)27-11-10-15-6-2-3-7-16(15)12-27/h2-9H,10-14H2,1H3,(H,25,28). The lowest BCUT2D eigenvalue weighted by molar-refractivity contribution is -0.137. The van der Waals surface area contributed by atoms with Crippen molar-refractivity contribution in [2.45, 2.75) is 19.1 Å². The number of carbonyl (C=O) groups is 2. The van der Waals surface area contributed by atoms with Crippen molar-refractivity contribution in [3.8, 4) is 0 Å². The molecule has 29 heavy (non-hydrogen) atoms. The Balaban J connectivity index is 1.54. The van der Waals surface area contributed by atoms with Crippen LogP contribution in [0.2, 0.25) is 0 Å². The zero-order valence-corrected chi connectivity index (χ0v) is 16.0. The molecular weight excluding hydrogens is 383 g/mol. The number of carbonyl (C=O) groups excluding carboxylic acids is 2. The fraction of sp³-hybridized carbons (Fsp3) is 0.333. The van der Waals surface area contributed by atoms with Gasteiger partial charge < -0.3 is 10.2 Å². The van der Waals surface area contributed by atoms with Crippen LogP contribution in [-0.2, 0) is 28.7 Å². The monoisotopic (exact) mass is 405 g/mol. The highest BCUT2D eigenvalue weighted by atomic mass is 19.4. The first-order chi connectivity index (χ1) is 13.7. The molecule has 0 aliphatic carbocycles. The van der Waals surface area contributed by atoms with E-state index >= 15 is 0 Å². The molecule has 3 rings (SSSR count). The summed E-state index contributed by atoms with van der Waals surface area (Å²) in [5.74, 6) is -0.730. The maximum Gasteiger partial charge on any atom is 0.418 e. The predicted molar refractivity (Wildman–Crippen MR) is 103 cm³/mol. The number of benzene rings is 2. The van der Waals surface area contributed by atoms with Crippen LogP contribution in [0.3, 0.4) is 0 Å². The van der Waals surface area contributed by atoms with E-state index in [9.17, 15) is 22.8 Å². The number of fused-ring (bicyclic) bond motifs is 1. The Morgan fingerprint density at radius 3 is 2.41 bits per heavy atom. The van der Waals surface area contributed by atoms with E-state index < -0.39 is 17.6 Å². The summed E-state index contributed by atoms with van der Waals surface area (Å²) < 4.78 is 39.1. The summed E-state index contributed by atoms with van der Waals surface area (Å²) in [6.45, 7) is 0.946. The minimum absolute atomic E-state index is 0.0104. The van der Waals surface area contributed by atoms with E-state index in [0.717, 1.165) is 18.1 Å². The van der Waals surface area contributed by atoms with Gasteiger partial charge in [0.25, 0.3) is 0 Å². The number of likely N-dealkylation sites (N-methyl/N-ethyl adjacent to an activating group) is 1. The fourth-order valence-corrected chi connectivity index (χ4v) is 3.37. The van der Waals surface area contributed by atoms with Gasteiger partial charge in [0.1, 0.15) is 0 Å². The number of para-hydroxylation sites is 1. The molecule has 0 radical (unpaired) electrons. The smallest absolute Gasteiger partial charge is 0.337 e. The first-order valence-corrected chi connectivity index (χ1v) is 9.23. The van der Waals surface area contributed by atoms with Gasteiger partial charge in [-0.2, -0.15) is 13.2 Å². The van der Waals surface area contributed by atoms with E-state index in [-0.39, 0.29) is 24.7 Å². The average Bonchev–Trinajstić information content (AvgIpc) is 2.66. The van der Waals surface area contributed by atoms with Crippen molar-refractivity contribution in [3.05, 3.63) is 65.2 Å². The quantitative estimate of drug-likeness (QED) is 0.832. The molecule has 2 aromatic rings. The Hall–Kier alpha value is -2.87. The van der Waals surface area contributed by atoms with Crippen molar-refractivity contribution in [2.75, 3.05) is 32.0 Å². The topological polar surface area (TPSA) is 52.7 Å². The number of rotatable bonds is 5. The lowest BCUT2D eigenvalue weighted by Crippen LogP contribution is -2.43. The molecule has 154 valence electrons. The molecule has 0 saturated heterocycles. The maximum absolute atomic E-state index is 13.0. The number of anilines is 1. The lowest BCUT2D eigenvalue weighted by atomic mass is 10.00. The Bertz CT molecular complexity index is 899. The molecule has 0 fully saturated rings. The van der Waals surface area contributed by atoms with Crippen LogP contribution in [0.25, 0.3) is 0 Å². The van der Waals surface area contributed by atoms with E-state index in [1.165, 1.54) is 28.7 Å². The van der Waals surface area contributed by atoms with Crippen LogP contribution < -0.4 is 5.32 Å². The van der Waals surface area contributed by atoms with Gasteiger partial charge in [-0.15, -0.1) is 0 Å². The van der Waals surface area contributed by atoms with Crippen molar-refractivity contribution < 1.29 is 22.8 Å². The Kier molecular flexibility index (Phi) is 6.22. The molecule has 1 heterocycles. The highest BCUT2D eigenvalue weighted by Crippen LogP contribution is 2.34. The molecule has 8 heteroatoms. The normalized spacial score (nSPS) is 13.9. The first-order valence-electron chi connectivity index (χ1n) is 9.23. The molecule has 0 aromatic heterocycles. The number of nitrogens with one attached hydrogen (secondary N) is 1. The molecule has 0 saturated carbocycles. The molecule has 1 N–H and O–H groups in total. The van der Waals surface area contributed by atoms with Gasteiger partial charge in [-0.3, -0.25) is 14.5 Å². The van der Waals surface area contributed by atoms with Crippen molar-refractivity contribution in [1.29, 1.82) is 0 Å². The largest absolute Gasteiger partial charge is 0.418 e. The molecule has 0 unspecified atom stereocenters. The molecule has 5 nitrogen and oxygen atoms in total. The van der Waals surface area contributed by atoms with E-state index in [2.05, 4.69) is 5.32 Å². The van der Waals surface area contributed by atoms with Crippen molar-refractivity contribution >= 4 is 17.5 Å². The molecule has 2 aromatic carbocycles.